The number of nitrogens with zero attached hydrogens (tertiary/aromatic N) is 1. The molecule has 0 radical (unpaired) electrons. The number of amides is 1. The molecule has 0 saturated carbocycles. The van der Waals surface area contributed by atoms with E-state index < -0.39 is 15.9 Å². The number of sulfonamides is 1. The van der Waals surface area contributed by atoms with Crippen molar-refractivity contribution < 1.29 is 13.2 Å². The van der Waals surface area contributed by atoms with Gasteiger partial charge in [0.1, 0.15) is 5.82 Å². The Morgan fingerprint density at radius 2 is 1.83 bits per heavy atom. The minimum Gasteiger partial charge on any atom is -0.307 e. The molecule has 1 heterocycles. The maximum Gasteiger partial charge on any atom is 0.257 e. The van der Waals surface area contributed by atoms with Crippen LogP contribution in [0.15, 0.2) is 41.4 Å². The third kappa shape index (κ3) is 4.39. The molecule has 24 heavy (non-hydrogen) atoms. The maximum absolute atomic E-state index is 12.5. The molecule has 6 nitrogen and oxygen atoms in total. The molecule has 0 atom stereocenters. The van der Waals surface area contributed by atoms with Crippen LogP contribution in [0.2, 0.25) is 0 Å². The zero-order chi connectivity index (χ0) is 17.9. The normalized spacial score (nSPS) is 11.5. The zero-order valence-corrected chi connectivity index (χ0v) is 14.9. The second-order valence-corrected chi connectivity index (χ2v) is 7.64. The summed E-state index contributed by atoms with van der Waals surface area (Å²) < 4.78 is 27.0. The number of carbonyl (C=O) groups is 1. The van der Waals surface area contributed by atoms with E-state index in [-0.39, 0.29) is 10.9 Å². The molecule has 0 aliphatic rings. The van der Waals surface area contributed by atoms with Crippen LogP contribution in [0.1, 0.15) is 35.3 Å². The molecular weight excluding hydrogens is 326 g/mol. The SMILES string of the molecule is Cc1ccc(NC(=O)c2cc(S(=O)(=O)NC(C)C)ccc2C)nc1. The Kier molecular flexibility index (Phi) is 5.36. The van der Waals surface area contributed by atoms with Crippen molar-refractivity contribution in [2.75, 3.05) is 5.32 Å². The van der Waals surface area contributed by atoms with Crippen LogP contribution in [-0.4, -0.2) is 25.4 Å². The van der Waals surface area contributed by atoms with Gasteiger partial charge in [-0.05, 0) is 57.0 Å². The van der Waals surface area contributed by atoms with E-state index in [0.717, 1.165) is 5.56 Å². The minimum atomic E-state index is -3.66. The lowest BCUT2D eigenvalue weighted by Gasteiger charge is -2.12. The van der Waals surface area contributed by atoms with Gasteiger partial charge in [-0.1, -0.05) is 12.1 Å². The van der Waals surface area contributed by atoms with Crippen molar-refractivity contribution in [2.45, 2.75) is 38.6 Å². The Morgan fingerprint density at radius 1 is 1.12 bits per heavy atom. The second kappa shape index (κ2) is 7.11. The highest BCUT2D eigenvalue weighted by atomic mass is 32.2. The number of pyridine rings is 1. The van der Waals surface area contributed by atoms with E-state index >= 15 is 0 Å². The quantitative estimate of drug-likeness (QED) is 0.870. The molecule has 2 rings (SSSR count). The van der Waals surface area contributed by atoms with Crippen LogP contribution in [0.5, 0.6) is 0 Å². The fraction of sp³-hybridized carbons (Fsp3) is 0.294. The van der Waals surface area contributed by atoms with Crippen LogP contribution in [0.4, 0.5) is 5.82 Å². The number of anilines is 1. The van der Waals surface area contributed by atoms with Gasteiger partial charge in [0.25, 0.3) is 5.91 Å². The number of hydrogen-bond acceptors (Lipinski definition) is 4. The predicted molar refractivity (Wildman–Crippen MR) is 93.6 cm³/mol. The minimum absolute atomic E-state index is 0.0591. The van der Waals surface area contributed by atoms with Crippen LogP contribution in [0, 0.1) is 13.8 Å². The van der Waals surface area contributed by atoms with Gasteiger partial charge < -0.3 is 5.32 Å². The van der Waals surface area contributed by atoms with Gasteiger partial charge in [-0.15, -0.1) is 0 Å². The molecule has 0 aliphatic carbocycles. The van der Waals surface area contributed by atoms with Crippen molar-refractivity contribution in [2.24, 2.45) is 0 Å². The third-order valence-corrected chi connectivity index (χ3v) is 4.96. The highest BCUT2D eigenvalue weighted by molar-refractivity contribution is 7.89. The van der Waals surface area contributed by atoms with E-state index in [0.29, 0.717) is 16.9 Å². The van der Waals surface area contributed by atoms with Gasteiger partial charge in [0.2, 0.25) is 10.0 Å². The van der Waals surface area contributed by atoms with E-state index in [4.69, 9.17) is 0 Å². The molecule has 0 fully saturated rings. The first kappa shape index (κ1) is 18.1. The van der Waals surface area contributed by atoms with Gasteiger partial charge in [-0.25, -0.2) is 18.1 Å². The monoisotopic (exact) mass is 347 g/mol. The van der Waals surface area contributed by atoms with Crippen LogP contribution < -0.4 is 10.0 Å². The van der Waals surface area contributed by atoms with Crippen LogP contribution in [0.25, 0.3) is 0 Å². The number of rotatable bonds is 5. The second-order valence-electron chi connectivity index (χ2n) is 5.93. The number of benzene rings is 1. The standard InChI is InChI=1S/C17H21N3O3S/c1-11(2)20-24(22,23)14-7-6-13(4)15(9-14)17(21)19-16-8-5-12(3)10-18-16/h5-11,20H,1-4H3,(H,18,19,21). The molecule has 1 aromatic carbocycles. The van der Waals surface area contributed by atoms with Gasteiger partial charge >= 0.3 is 0 Å². The van der Waals surface area contributed by atoms with Crippen molar-refractivity contribution in [3.8, 4) is 0 Å². The molecule has 1 aromatic heterocycles. The maximum atomic E-state index is 12.5. The van der Waals surface area contributed by atoms with Crippen LogP contribution >= 0.6 is 0 Å². The van der Waals surface area contributed by atoms with E-state index in [9.17, 15) is 13.2 Å². The molecule has 0 bridgehead atoms. The first-order valence-electron chi connectivity index (χ1n) is 7.56. The Hall–Kier alpha value is -2.25. The predicted octanol–water partition coefficient (Wildman–Crippen LogP) is 2.64. The van der Waals surface area contributed by atoms with E-state index in [2.05, 4.69) is 15.0 Å². The van der Waals surface area contributed by atoms with Gasteiger partial charge in [0, 0.05) is 17.8 Å². The topological polar surface area (TPSA) is 88.2 Å². The first-order valence-corrected chi connectivity index (χ1v) is 9.04. The van der Waals surface area contributed by atoms with Crippen LogP contribution in [0.3, 0.4) is 0 Å². The van der Waals surface area contributed by atoms with Crippen molar-refractivity contribution in [3.63, 3.8) is 0 Å². The Balaban J connectivity index is 2.31. The molecule has 128 valence electrons. The molecular formula is C17H21N3O3S. The zero-order valence-electron chi connectivity index (χ0n) is 14.1. The molecule has 0 spiro atoms. The van der Waals surface area contributed by atoms with Crippen molar-refractivity contribution in [1.82, 2.24) is 9.71 Å². The summed E-state index contributed by atoms with van der Waals surface area (Å²) in [6.45, 7) is 7.13. The van der Waals surface area contributed by atoms with Crippen molar-refractivity contribution >= 4 is 21.7 Å². The lowest BCUT2D eigenvalue weighted by atomic mass is 10.1. The number of aryl methyl sites for hydroxylation is 2. The average molecular weight is 347 g/mol. The summed E-state index contributed by atoms with van der Waals surface area (Å²) in [7, 11) is -3.66. The molecule has 0 aliphatic heterocycles. The largest absolute Gasteiger partial charge is 0.307 e. The summed E-state index contributed by atoms with van der Waals surface area (Å²) in [5.74, 6) is 0.0176. The summed E-state index contributed by atoms with van der Waals surface area (Å²) in [6, 6.07) is 7.79. The number of hydrogen-bond donors (Lipinski definition) is 2. The molecule has 0 unspecified atom stereocenters. The molecule has 1 amide bonds. The lowest BCUT2D eigenvalue weighted by Crippen LogP contribution is -2.30. The Morgan fingerprint density at radius 3 is 2.42 bits per heavy atom. The molecule has 2 N–H and O–H groups in total. The van der Waals surface area contributed by atoms with E-state index in [1.807, 2.05) is 13.0 Å². The van der Waals surface area contributed by atoms with Crippen molar-refractivity contribution in [3.05, 3.63) is 53.2 Å². The molecule has 0 saturated heterocycles. The van der Waals surface area contributed by atoms with Gasteiger partial charge in [0.15, 0.2) is 0 Å². The van der Waals surface area contributed by atoms with Crippen LogP contribution in [-0.2, 0) is 10.0 Å². The summed E-state index contributed by atoms with van der Waals surface area (Å²) in [5.41, 5.74) is 1.96. The highest BCUT2D eigenvalue weighted by Gasteiger charge is 2.19. The van der Waals surface area contributed by atoms with Gasteiger partial charge in [0.05, 0.1) is 4.90 Å². The fourth-order valence-corrected chi connectivity index (χ4v) is 3.39. The first-order chi connectivity index (χ1) is 11.2. The highest BCUT2D eigenvalue weighted by Crippen LogP contribution is 2.17. The average Bonchev–Trinajstić information content (AvgIpc) is 2.48. The molecule has 7 heteroatoms. The lowest BCUT2D eigenvalue weighted by molar-refractivity contribution is 0.102. The number of aromatic nitrogens is 1. The van der Waals surface area contributed by atoms with Gasteiger partial charge in [-0.3, -0.25) is 4.79 Å². The number of nitrogens with one attached hydrogen (secondary N) is 2. The molecule has 2 aromatic rings. The fourth-order valence-electron chi connectivity index (χ4n) is 2.12. The summed E-state index contributed by atoms with van der Waals surface area (Å²) in [6.07, 6.45) is 1.65. The van der Waals surface area contributed by atoms with Crippen molar-refractivity contribution in [1.29, 1.82) is 0 Å². The third-order valence-electron chi connectivity index (χ3n) is 3.31. The summed E-state index contributed by atoms with van der Waals surface area (Å²) in [5, 5.41) is 2.68. The summed E-state index contributed by atoms with van der Waals surface area (Å²) in [4.78, 5) is 16.6. The number of carbonyl (C=O) groups excluding carboxylic acids is 1. The van der Waals surface area contributed by atoms with E-state index in [1.54, 1.807) is 39.1 Å². The Bertz CT molecular complexity index is 844. The summed E-state index contributed by atoms with van der Waals surface area (Å²) >= 11 is 0. The Labute approximate surface area is 142 Å². The smallest absolute Gasteiger partial charge is 0.257 e. The van der Waals surface area contributed by atoms with Gasteiger partial charge in [-0.2, -0.15) is 0 Å². The van der Waals surface area contributed by atoms with E-state index in [1.165, 1.54) is 12.1 Å².